The molecule has 1 N–H and O–H groups in total. The molecular weight excluding hydrogens is 376 g/mol. The highest BCUT2D eigenvalue weighted by Gasteiger charge is 2.17. The molecule has 0 spiro atoms. The van der Waals surface area contributed by atoms with Crippen molar-refractivity contribution in [2.75, 3.05) is 19.6 Å². The van der Waals surface area contributed by atoms with Crippen LogP contribution in [0.15, 0.2) is 24.3 Å². The first-order valence-electron chi connectivity index (χ1n) is 11.5. The van der Waals surface area contributed by atoms with Crippen LogP contribution in [0.2, 0.25) is 0 Å². The summed E-state index contributed by atoms with van der Waals surface area (Å²) in [4.78, 5) is 31.4. The van der Waals surface area contributed by atoms with Crippen molar-refractivity contribution in [2.45, 2.75) is 72.8 Å². The summed E-state index contributed by atoms with van der Waals surface area (Å²) in [5.74, 6) is 1.28. The van der Waals surface area contributed by atoms with Crippen molar-refractivity contribution in [1.29, 1.82) is 0 Å². The number of aromatic nitrogens is 2. The Balaban J connectivity index is 2.00. The molecule has 6 heteroatoms. The molecule has 166 valence electrons. The summed E-state index contributed by atoms with van der Waals surface area (Å²) in [5.41, 5.74) is 1.97. The van der Waals surface area contributed by atoms with E-state index in [9.17, 15) is 9.59 Å². The number of unbranched alkanes of at least 4 members (excludes halogenated alkanes) is 2. The zero-order valence-electron chi connectivity index (χ0n) is 19.1. The average molecular weight is 415 g/mol. The van der Waals surface area contributed by atoms with Gasteiger partial charge in [0.15, 0.2) is 0 Å². The second-order valence-electron chi connectivity index (χ2n) is 8.24. The van der Waals surface area contributed by atoms with E-state index < -0.39 is 0 Å². The molecule has 0 unspecified atom stereocenters. The minimum atomic E-state index is 0.0300. The van der Waals surface area contributed by atoms with Crippen molar-refractivity contribution < 1.29 is 9.59 Å². The highest BCUT2D eigenvalue weighted by atomic mass is 16.2. The second-order valence-corrected chi connectivity index (χ2v) is 8.24. The van der Waals surface area contributed by atoms with Crippen LogP contribution in [0.4, 0.5) is 0 Å². The predicted molar refractivity (Wildman–Crippen MR) is 122 cm³/mol. The zero-order valence-corrected chi connectivity index (χ0v) is 19.1. The molecule has 0 radical (unpaired) electrons. The Morgan fingerprint density at radius 2 is 1.77 bits per heavy atom. The van der Waals surface area contributed by atoms with E-state index in [0.717, 1.165) is 75.0 Å². The quantitative estimate of drug-likeness (QED) is 0.500. The molecule has 30 heavy (non-hydrogen) atoms. The molecule has 2 aromatic rings. The molecule has 0 atom stereocenters. The number of imidazole rings is 1. The monoisotopic (exact) mass is 414 g/mol. The number of fused-ring (bicyclic) bond motifs is 1. The number of benzene rings is 1. The van der Waals surface area contributed by atoms with Gasteiger partial charge in [0.1, 0.15) is 12.4 Å². The molecule has 1 aromatic carbocycles. The SMILES string of the molecule is CCCN(CCC)C(=O)Cn1c(CCCCCNC(=O)C(C)C)nc2ccccc21. The smallest absolute Gasteiger partial charge is 0.242 e. The Hall–Kier alpha value is -2.37. The van der Waals surface area contributed by atoms with Gasteiger partial charge < -0.3 is 14.8 Å². The van der Waals surface area contributed by atoms with Gasteiger partial charge in [-0.15, -0.1) is 0 Å². The van der Waals surface area contributed by atoms with Crippen LogP contribution in [-0.4, -0.2) is 45.9 Å². The number of hydrogen-bond acceptors (Lipinski definition) is 3. The van der Waals surface area contributed by atoms with E-state index in [4.69, 9.17) is 4.98 Å². The van der Waals surface area contributed by atoms with Crippen molar-refractivity contribution in [3.05, 3.63) is 30.1 Å². The van der Waals surface area contributed by atoms with E-state index >= 15 is 0 Å². The second kappa shape index (κ2) is 12.4. The van der Waals surface area contributed by atoms with Gasteiger partial charge >= 0.3 is 0 Å². The minimum Gasteiger partial charge on any atom is -0.356 e. The molecule has 0 saturated carbocycles. The molecule has 0 fully saturated rings. The van der Waals surface area contributed by atoms with Crippen molar-refractivity contribution in [2.24, 2.45) is 5.92 Å². The molecule has 0 saturated heterocycles. The van der Waals surface area contributed by atoms with Crippen LogP contribution in [0.3, 0.4) is 0 Å². The Kier molecular flexibility index (Phi) is 9.84. The number of nitrogens with one attached hydrogen (secondary N) is 1. The summed E-state index contributed by atoms with van der Waals surface area (Å²) in [5, 5.41) is 2.97. The van der Waals surface area contributed by atoms with Gasteiger partial charge in [-0.2, -0.15) is 0 Å². The lowest BCUT2D eigenvalue weighted by atomic mass is 10.1. The first-order chi connectivity index (χ1) is 14.5. The first kappa shape index (κ1) is 23.9. The summed E-state index contributed by atoms with van der Waals surface area (Å²) >= 11 is 0. The number of hydrogen-bond donors (Lipinski definition) is 1. The van der Waals surface area contributed by atoms with Crippen LogP contribution in [0.25, 0.3) is 11.0 Å². The van der Waals surface area contributed by atoms with Gasteiger partial charge in [-0.25, -0.2) is 4.98 Å². The van der Waals surface area contributed by atoms with E-state index in [-0.39, 0.29) is 17.7 Å². The fraction of sp³-hybridized carbons (Fsp3) is 0.625. The molecule has 1 heterocycles. The van der Waals surface area contributed by atoms with E-state index in [1.165, 1.54) is 0 Å². The van der Waals surface area contributed by atoms with E-state index in [0.29, 0.717) is 6.54 Å². The third-order valence-electron chi connectivity index (χ3n) is 5.27. The normalized spacial score (nSPS) is 11.2. The fourth-order valence-corrected chi connectivity index (χ4v) is 3.63. The third-order valence-corrected chi connectivity index (χ3v) is 5.27. The molecule has 0 aliphatic carbocycles. The summed E-state index contributed by atoms with van der Waals surface area (Å²) < 4.78 is 2.09. The van der Waals surface area contributed by atoms with Crippen LogP contribution < -0.4 is 5.32 Å². The fourth-order valence-electron chi connectivity index (χ4n) is 3.63. The standard InChI is InChI=1S/C24H38N4O2/c1-5-16-27(17-6-2)23(29)18-28-21-13-10-9-12-20(21)26-22(28)14-8-7-11-15-25-24(30)19(3)4/h9-10,12-13,19H,5-8,11,14-18H2,1-4H3,(H,25,30). The number of carbonyl (C=O) groups is 2. The molecule has 0 aliphatic heterocycles. The molecule has 2 amide bonds. The van der Waals surface area contributed by atoms with E-state index in [2.05, 4.69) is 23.7 Å². The highest BCUT2D eigenvalue weighted by Crippen LogP contribution is 2.18. The predicted octanol–water partition coefficient (Wildman–Crippen LogP) is 4.17. The summed E-state index contributed by atoms with van der Waals surface area (Å²) in [6, 6.07) is 8.05. The zero-order chi connectivity index (χ0) is 21.9. The maximum atomic E-state index is 13.0. The molecule has 6 nitrogen and oxygen atoms in total. The van der Waals surface area contributed by atoms with Gasteiger partial charge in [-0.05, 0) is 37.8 Å². The Morgan fingerprint density at radius 3 is 2.43 bits per heavy atom. The molecule has 2 rings (SSSR count). The van der Waals surface area contributed by atoms with E-state index in [1.807, 2.05) is 43.0 Å². The lowest BCUT2D eigenvalue weighted by molar-refractivity contribution is -0.132. The maximum Gasteiger partial charge on any atom is 0.242 e. The van der Waals surface area contributed by atoms with Crippen LogP contribution in [0.1, 0.15) is 65.6 Å². The Labute approximate surface area is 181 Å². The van der Waals surface area contributed by atoms with Crippen LogP contribution in [0.5, 0.6) is 0 Å². The van der Waals surface area contributed by atoms with Gasteiger partial charge in [0.05, 0.1) is 11.0 Å². The van der Waals surface area contributed by atoms with Crippen LogP contribution in [0, 0.1) is 5.92 Å². The van der Waals surface area contributed by atoms with Crippen molar-refractivity contribution in [3.63, 3.8) is 0 Å². The van der Waals surface area contributed by atoms with Gasteiger partial charge in [0, 0.05) is 32.0 Å². The average Bonchev–Trinajstić information content (AvgIpc) is 3.07. The summed E-state index contributed by atoms with van der Waals surface area (Å²) in [7, 11) is 0. The molecule has 0 bridgehead atoms. The van der Waals surface area contributed by atoms with Gasteiger partial charge in [-0.1, -0.05) is 46.2 Å². The summed E-state index contributed by atoms with van der Waals surface area (Å²) in [6.45, 7) is 10.7. The van der Waals surface area contributed by atoms with E-state index in [1.54, 1.807) is 0 Å². The minimum absolute atomic E-state index is 0.0300. The van der Waals surface area contributed by atoms with Crippen molar-refractivity contribution in [3.8, 4) is 0 Å². The Bertz CT molecular complexity index is 807. The maximum absolute atomic E-state index is 13.0. The van der Waals surface area contributed by atoms with Crippen molar-refractivity contribution >= 4 is 22.8 Å². The summed E-state index contributed by atoms with van der Waals surface area (Å²) in [6.07, 6.45) is 5.74. The highest BCUT2D eigenvalue weighted by molar-refractivity contribution is 5.81. The largest absolute Gasteiger partial charge is 0.356 e. The number of nitrogens with zero attached hydrogens (tertiary/aromatic N) is 3. The topological polar surface area (TPSA) is 67.2 Å². The lowest BCUT2D eigenvalue weighted by Crippen LogP contribution is -2.35. The Morgan fingerprint density at radius 1 is 1.07 bits per heavy atom. The lowest BCUT2D eigenvalue weighted by Gasteiger charge is -2.22. The molecular formula is C24H38N4O2. The number of aryl methyl sites for hydroxylation is 1. The third kappa shape index (κ3) is 6.85. The number of amides is 2. The first-order valence-corrected chi connectivity index (χ1v) is 11.5. The number of rotatable bonds is 13. The van der Waals surface area contributed by atoms with Crippen LogP contribution in [-0.2, 0) is 22.6 Å². The number of carbonyl (C=O) groups excluding carboxylic acids is 2. The number of para-hydroxylation sites is 2. The van der Waals surface area contributed by atoms with Gasteiger partial charge in [0.25, 0.3) is 0 Å². The van der Waals surface area contributed by atoms with Gasteiger partial charge in [-0.3, -0.25) is 9.59 Å². The molecule has 0 aliphatic rings. The van der Waals surface area contributed by atoms with Gasteiger partial charge in [0.2, 0.25) is 11.8 Å². The van der Waals surface area contributed by atoms with Crippen molar-refractivity contribution in [1.82, 2.24) is 19.8 Å². The molecule has 1 aromatic heterocycles. The van der Waals surface area contributed by atoms with Crippen LogP contribution >= 0.6 is 0 Å².